The minimum Gasteiger partial charge on any atom is -0.505 e. The van der Waals surface area contributed by atoms with Crippen molar-refractivity contribution in [3.8, 4) is 11.5 Å². The normalized spacial score (nSPS) is 12.0. The first-order valence-corrected chi connectivity index (χ1v) is 13.9. The lowest BCUT2D eigenvalue weighted by Crippen LogP contribution is -1.99. The molecule has 5 rings (SSSR count). The van der Waals surface area contributed by atoms with Crippen LogP contribution >= 0.6 is 0 Å². The van der Waals surface area contributed by atoms with Crippen LogP contribution in [0.4, 0.5) is 28.4 Å². The molecular formula is C29H21N5O9S. The van der Waals surface area contributed by atoms with Gasteiger partial charge in [0, 0.05) is 21.8 Å². The molecule has 0 aliphatic heterocycles. The summed E-state index contributed by atoms with van der Waals surface area (Å²) in [6.45, 7) is 0. The average Bonchev–Trinajstić information content (AvgIpc) is 2.98. The quantitative estimate of drug-likeness (QED) is 0.0698. The number of carboxylic acid groups (broad SMARTS) is 2. The highest BCUT2D eigenvalue weighted by Crippen LogP contribution is 2.43. The second kappa shape index (κ2) is 11.4. The van der Waals surface area contributed by atoms with Crippen LogP contribution in [0.15, 0.2) is 98.1 Å². The second-order valence-corrected chi connectivity index (χ2v) is 10.7. The highest BCUT2D eigenvalue weighted by Gasteiger charge is 2.22. The Kier molecular flexibility index (Phi) is 7.65. The molecule has 44 heavy (non-hydrogen) atoms. The van der Waals surface area contributed by atoms with Crippen LogP contribution in [0.3, 0.4) is 0 Å². The van der Waals surface area contributed by atoms with Gasteiger partial charge in [-0.1, -0.05) is 12.1 Å². The Bertz CT molecular complexity index is 2180. The van der Waals surface area contributed by atoms with Gasteiger partial charge in [0.2, 0.25) is 0 Å². The fraction of sp³-hybridized carbons (Fsp3) is 0.0345. The van der Waals surface area contributed by atoms with Crippen LogP contribution < -0.4 is 10.5 Å². The molecule has 222 valence electrons. The first-order chi connectivity index (χ1) is 20.9. The molecule has 0 fully saturated rings. The summed E-state index contributed by atoms with van der Waals surface area (Å²) in [6.07, 6.45) is 0. The fourth-order valence-corrected chi connectivity index (χ4v) is 5.05. The second-order valence-electron chi connectivity index (χ2n) is 9.29. The molecule has 0 unspecified atom stereocenters. The zero-order valence-electron chi connectivity index (χ0n) is 22.5. The molecular weight excluding hydrogens is 594 g/mol. The van der Waals surface area contributed by atoms with Crippen molar-refractivity contribution in [2.45, 2.75) is 4.90 Å². The number of ether oxygens (including phenoxy) is 1. The number of carboxylic acids is 2. The van der Waals surface area contributed by atoms with Gasteiger partial charge < -0.3 is 25.8 Å². The smallest absolute Gasteiger partial charge is 0.335 e. The molecule has 0 amide bonds. The Hall–Kier alpha value is -5.93. The number of nitrogens with two attached hydrogens (primary N) is 1. The molecule has 0 spiro atoms. The molecule has 0 heterocycles. The maximum Gasteiger partial charge on any atom is 0.335 e. The molecule has 5 aromatic rings. The number of nitrogens with zero attached hydrogens (tertiary/aromatic N) is 4. The van der Waals surface area contributed by atoms with Crippen LogP contribution in [-0.2, 0) is 10.1 Å². The summed E-state index contributed by atoms with van der Waals surface area (Å²) in [7, 11) is -3.49. The number of methoxy groups -OCH3 is 1. The summed E-state index contributed by atoms with van der Waals surface area (Å²) in [5.41, 5.74) is 5.80. The van der Waals surface area contributed by atoms with Crippen molar-refractivity contribution < 1.29 is 42.6 Å². The van der Waals surface area contributed by atoms with Crippen molar-refractivity contribution in [3.05, 3.63) is 83.9 Å². The van der Waals surface area contributed by atoms with E-state index in [1.54, 1.807) is 0 Å². The summed E-state index contributed by atoms with van der Waals surface area (Å²) >= 11 is 0. The van der Waals surface area contributed by atoms with Gasteiger partial charge in [-0.25, -0.2) is 9.59 Å². The number of phenolic OH excluding ortho intramolecular Hbond substituents is 1. The van der Waals surface area contributed by atoms with Crippen LogP contribution in [0, 0.1) is 0 Å². The minimum absolute atomic E-state index is 0.0579. The van der Waals surface area contributed by atoms with E-state index in [0.29, 0.717) is 5.39 Å². The molecule has 0 saturated carbocycles. The van der Waals surface area contributed by atoms with E-state index in [1.165, 1.54) is 73.8 Å². The number of carbonyl (C=O) groups is 2. The first-order valence-electron chi connectivity index (χ1n) is 12.4. The highest BCUT2D eigenvalue weighted by molar-refractivity contribution is 7.86. The Morgan fingerprint density at radius 2 is 1.34 bits per heavy atom. The molecule has 0 aromatic heterocycles. The largest absolute Gasteiger partial charge is 0.505 e. The number of fused-ring (bicyclic) bond motifs is 2. The molecule has 0 atom stereocenters. The van der Waals surface area contributed by atoms with E-state index in [1.807, 2.05) is 0 Å². The van der Waals surface area contributed by atoms with Crippen molar-refractivity contribution in [1.82, 2.24) is 0 Å². The number of hydrogen-bond donors (Lipinski definition) is 5. The predicted molar refractivity (Wildman–Crippen MR) is 159 cm³/mol. The van der Waals surface area contributed by atoms with E-state index in [9.17, 15) is 37.9 Å². The fourth-order valence-electron chi connectivity index (χ4n) is 4.39. The average molecular weight is 616 g/mol. The lowest BCUT2D eigenvalue weighted by atomic mass is 10.0. The molecule has 6 N–H and O–H groups in total. The van der Waals surface area contributed by atoms with Gasteiger partial charge in [0.05, 0.1) is 29.6 Å². The van der Waals surface area contributed by atoms with E-state index in [-0.39, 0.29) is 55.8 Å². The van der Waals surface area contributed by atoms with Crippen molar-refractivity contribution in [3.63, 3.8) is 0 Å². The van der Waals surface area contributed by atoms with Gasteiger partial charge in [0.1, 0.15) is 22.0 Å². The maximum absolute atomic E-state index is 12.2. The van der Waals surface area contributed by atoms with Gasteiger partial charge in [0.25, 0.3) is 10.1 Å². The lowest BCUT2D eigenvalue weighted by Gasteiger charge is -2.10. The standard InChI is InChI=1S/C29H21N5O9S/c1-43-24-9-4-16(29(38)39)11-23(24)33-31-22-8-7-21(18-6-3-15(28(36)37)10-20(18)22)32-34-26-25(44(40,41)42)12-14-2-5-17(30)13-19(14)27(26)35/h2-13,35H,30H2,1H3,(H,36,37)(H,38,39)(H,40,41,42)/b33-31+,34-32+. The Morgan fingerprint density at radius 1 is 0.727 bits per heavy atom. The predicted octanol–water partition coefficient (Wildman–Crippen LogP) is 6.76. The molecule has 0 aliphatic rings. The molecule has 0 bridgehead atoms. The van der Waals surface area contributed by atoms with Gasteiger partial charge in [0.15, 0.2) is 5.75 Å². The van der Waals surface area contributed by atoms with Crippen molar-refractivity contribution in [2.75, 3.05) is 12.8 Å². The number of phenols is 1. The minimum atomic E-state index is -4.86. The number of nitrogen functional groups attached to an aromatic ring is 1. The van der Waals surface area contributed by atoms with Crippen molar-refractivity contribution >= 4 is 72.0 Å². The van der Waals surface area contributed by atoms with Crippen molar-refractivity contribution in [2.24, 2.45) is 20.5 Å². The third kappa shape index (κ3) is 5.72. The number of benzene rings is 5. The molecule has 5 aromatic carbocycles. The first kappa shape index (κ1) is 29.6. The van der Waals surface area contributed by atoms with Gasteiger partial charge in [-0.2, -0.15) is 8.42 Å². The van der Waals surface area contributed by atoms with E-state index in [2.05, 4.69) is 20.5 Å². The number of aromatic hydroxyl groups is 1. The molecule has 0 radical (unpaired) electrons. The highest BCUT2D eigenvalue weighted by atomic mass is 32.2. The van der Waals surface area contributed by atoms with Crippen molar-refractivity contribution in [1.29, 1.82) is 0 Å². The van der Waals surface area contributed by atoms with Crippen LogP contribution in [-0.4, -0.2) is 47.3 Å². The van der Waals surface area contributed by atoms with Gasteiger partial charge in [-0.15, -0.1) is 20.5 Å². The summed E-state index contributed by atoms with van der Waals surface area (Å²) in [5, 5.41) is 47.2. The molecule has 0 aliphatic carbocycles. The van der Waals surface area contributed by atoms with E-state index in [0.717, 1.165) is 6.07 Å². The van der Waals surface area contributed by atoms with Gasteiger partial charge in [-0.3, -0.25) is 4.55 Å². The van der Waals surface area contributed by atoms with Gasteiger partial charge in [-0.05, 0) is 66.0 Å². The topological polar surface area (TPSA) is 234 Å². The SMILES string of the molecule is COc1ccc(C(=O)O)cc1/N=N/c1ccc(/N=N/c2c(S(=O)(=O)O)cc3ccc(N)cc3c2O)c2ccc(C(=O)O)cc12. The number of anilines is 1. The van der Waals surface area contributed by atoms with E-state index < -0.39 is 38.4 Å². The monoisotopic (exact) mass is 615 g/mol. The van der Waals surface area contributed by atoms with E-state index in [4.69, 9.17) is 10.5 Å². The number of hydrogen-bond acceptors (Lipinski definition) is 11. The Morgan fingerprint density at radius 3 is 2.00 bits per heavy atom. The number of azo groups is 2. The Labute approximate surface area is 248 Å². The van der Waals surface area contributed by atoms with Gasteiger partial charge >= 0.3 is 11.9 Å². The number of rotatable bonds is 8. The maximum atomic E-state index is 12.2. The summed E-state index contributed by atoms with van der Waals surface area (Å²) < 4.78 is 39.4. The Balaban J connectivity index is 1.67. The third-order valence-electron chi connectivity index (χ3n) is 6.52. The summed E-state index contributed by atoms with van der Waals surface area (Å²) in [5.74, 6) is -2.76. The molecule has 15 heteroatoms. The van der Waals surface area contributed by atoms with Crippen LogP contribution in [0.25, 0.3) is 21.5 Å². The van der Waals surface area contributed by atoms with Crippen LogP contribution in [0.2, 0.25) is 0 Å². The third-order valence-corrected chi connectivity index (χ3v) is 7.39. The molecule has 0 saturated heterocycles. The van der Waals surface area contributed by atoms with E-state index >= 15 is 0 Å². The zero-order valence-corrected chi connectivity index (χ0v) is 23.3. The summed E-state index contributed by atoms with van der Waals surface area (Å²) in [6, 6.07) is 16.4. The lowest BCUT2D eigenvalue weighted by molar-refractivity contribution is 0.0686. The van der Waals surface area contributed by atoms with Crippen LogP contribution in [0.5, 0.6) is 11.5 Å². The number of aromatic carboxylic acids is 2. The molecule has 14 nitrogen and oxygen atoms in total. The zero-order chi connectivity index (χ0) is 31.8. The van der Waals surface area contributed by atoms with Crippen LogP contribution in [0.1, 0.15) is 20.7 Å². The summed E-state index contributed by atoms with van der Waals surface area (Å²) in [4.78, 5) is 22.5.